The van der Waals surface area contributed by atoms with Gasteiger partial charge in [0.05, 0.1) is 4.90 Å². The summed E-state index contributed by atoms with van der Waals surface area (Å²) in [5, 5.41) is 4.00. The minimum Gasteiger partial charge on any atom is -0.360 e. The lowest BCUT2D eigenvalue weighted by atomic mass is 10.0. The van der Waals surface area contributed by atoms with Gasteiger partial charge in [-0.2, -0.15) is 0 Å². The SMILES string of the molecule is O=S(c1ccc(-c2c[nH]c3cc(F)ccc23)cc1F)N1CCNCC1. The summed E-state index contributed by atoms with van der Waals surface area (Å²) in [5.41, 5.74) is 2.11. The molecule has 1 atom stereocenters. The van der Waals surface area contributed by atoms with Crippen LogP contribution in [0.15, 0.2) is 47.5 Å². The Morgan fingerprint density at radius 1 is 1.04 bits per heavy atom. The number of hydrogen-bond donors (Lipinski definition) is 2. The molecule has 1 aliphatic rings. The average Bonchev–Trinajstić information content (AvgIpc) is 3.04. The van der Waals surface area contributed by atoms with Gasteiger partial charge in [0.15, 0.2) is 0 Å². The Labute approximate surface area is 146 Å². The number of halogens is 2. The number of nitrogens with zero attached hydrogens (tertiary/aromatic N) is 1. The van der Waals surface area contributed by atoms with Crippen LogP contribution in [0.1, 0.15) is 0 Å². The number of benzene rings is 2. The van der Waals surface area contributed by atoms with E-state index >= 15 is 0 Å². The van der Waals surface area contributed by atoms with Gasteiger partial charge in [0.1, 0.15) is 22.6 Å². The van der Waals surface area contributed by atoms with Crippen molar-refractivity contribution < 1.29 is 13.0 Å². The topological polar surface area (TPSA) is 48.1 Å². The molecule has 2 aromatic carbocycles. The fourth-order valence-corrected chi connectivity index (χ4v) is 4.30. The number of rotatable bonds is 3. The second kappa shape index (κ2) is 6.67. The largest absolute Gasteiger partial charge is 0.360 e. The van der Waals surface area contributed by atoms with E-state index in [2.05, 4.69) is 10.3 Å². The van der Waals surface area contributed by atoms with E-state index in [1.807, 2.05) is 0 Å². The third-order valence-electron chi connectivity index (χ3n) is 4.39. The molecule has 0 radical (unpaired) electrons. The maximum Gasteiger partial charge on any atom is 0.141 e. The van der Waals surface area contributed by atoms with E-state index < -0.39 is 16.8 Å². The second-order valence-corrected chi connectivity index (χ2v) is 7.42. The number of hydrogen-bond acceptors (Lipinski definition) is 2. The van der Waals surface area contributed by atoms with Gasteiger partial charge in [-0.3, -0.25) is 0 Å². The molecule has 1 unspecified atom stereocenters. The smallest absolute Gasteiger partial charge is 0.141 e. The average molecular weight is 361 g/mol. The Hall–Kier alpha value is -2.09. The molecule has 130 valence electrons. The molecule has 4 nitrogen and oxygen atoms in total. The van der Waals surface area contributed by atoms with E-state index in [9.17, 15) is 13.0 Å². The molecule has 0 spiro atoms. The van der Waals surface area contributed by atoms with Crippen LogP contribution in [0.5, 0.6) is 0 Å². The molecule has 0 aliphatic carbocycles. The van der Waals surface area contributed by atoms with Crippen molar-refractivity contribution in [2.75, 3.05) is 26.2 Å². The lowest BCUT2D eigenvalue weighted by molar-refractivity contribution is 0.379. The molecule has 25 heavy (non-hydrogen) atoms. The molecule has 0 amide bonds. The van der Waals surface area contributed by atoms with E-state index in [-0.39, 0.29) is 10.7 Å². The molecule has 0 saturated carbocycles. The minimum atomic E-state index is -1.51. The maximum atomic E-state index is 14.6. The standard InChI is InChI=1S/C18H17F2N3OS/c19-13-2-3-14-15(11-22-17(14)10-13)12-1-4-18(16(20)9-12)25(24)23-7-5-21-6-8-23/h1-4,9-11,21-22H,5-8H2. The first-order chi connectivity index (χ1) is 12.1. The molecule has 2 N–H and O–H groups in total. The first-order valence-electron chi connectivity index (χ1n) is 8.07. The molecular formula is C18H17F2N3OS. The van der Waals surface area contributed by atoms with Crippen LogP contribution in [0, 0.1) is 11.6 Å². The number of aromatic nitrogens is 1. The Bertz CT molecular complexity index is 951. The zero-order valence-electron chi connectivity index (χ0n) is 13.4. The van der Waals surface area contributed by atoms with Crippen molar-refractivity contribution in [3.63, 3.8) is 0 Å². The summed E-state index contributed by atoms with van der Waals surface area (Å²) in [4.78, 5) is 3.19. The summed E-state index contributed by atoms with van der Waals surface area (Å²) < 4.78 is 42.3. The van der Waals surface area contributed by atoms with Crippen molar-refractivity contribution in [3.05, 3.63) is 54.2 Å². The van der Waals surface area contributed by atoms with Crippen LogP contribution in [0.25, 0.3) is 22.0 Å². The van der Waals surface area contributed by atoms with Gasteiger partial charge < -0.3 is 10.3 Å². The number of nitrogens with one attached hydrogen (secondary N) is 2. The van der Waals surface area contributed by atoms with Crippen molar-refractivity contribution in [1.29, 1.82) is 0 Å². The van der Waals surface area contributed by atoms with Crippen LogP contribution in [-0.2, 0) is 11.0 Å². The lowest BCUT2D eigenvalue weighted by Crippen LogP contribution is -2.44. The van der Waals surface area contributed by atoms with Gasteiger partial charge in [-0.1, -0.05) is 6.07 Å². The van der Waals surface area contributed by atoms with Crippen molar-refractivity contribution in [3.8, 4) is 11.1 Å². The number of piperazine rings is 1. The van der Waals surface area contributed by atoms with Gasteiger partial charge in [-0.05, 0) is 35.9 Å². The predicted molar refractivity (Wildman–Crippen MR) is 94.5 cm³/mol. The van der Waals surface area contributed by atoms with Crippen molar-refractivity contribution in [2.24, 2.45) is 0 Å². The summed E-state index contributed by atoms with van der Waals surface area (Å²) in [5.74, 6) is -0.820. The third-order valence-corrected chi connectivity index (χ3v) is 5.93. The van der Waals surface area contributed by atoms with Gasteiger partial charge in [0.25, 0.3) is 0 Å². The highest BCUT2D eigenvalue weighted by atomic mass is 32.2. The Morgan fingerprint density at radius 3 is 2.60 bits per heavy atom. The van der Waals surface area contributed by atoms with Gasteiger partial charge in [-0.25, -0.2) is 17.3 Å². The molecule has 4 rings (SSSR count). The molecule has 1 aromatic heterocycles. The van der Waals surface area contributed by atoms with Gasteiger partial charge in [-0.15, -0.1) is 0 Å². The van der Waals surface area contributed by atoms with Crippen molar-refractivity contribution >= 4 is 21.9 Å². The molecule has 7 heteroatoms. The van der Waals surface area contributed by atoms with Gasteiger partial charge in [0, 0.05) is 48.8 Å². The van der Waals surface area contributed by atoms with Crippen LogP contribution in [0.4, 0.5) is 8.78 Å². The van der Waals surface area contributed by atoms with Gasteiger partial charge in [0.2, 0.25) is 0 Å². The molecule has 3 aromatic rings. The van der Waals surface area contributed by atoms with Crippen LogP contribution < -0.4 is 5.32 Å². The lowest BCUT2D eigenvalue weighted by Gasteiger charge is -2.26. The highest BCUT2D eigenvalue weighted by Crippen LogP contribution is 2.31. The third kappa shape index (κ3) is 3.10. The molecular weight excluding hydrogens is 344 g/mol. The summed E-state index contributed by atoms with van der Waals surface area (Å²) >= 11 is 0. The fraction of sp³-hybridized carbons (Fsp3) is 0.222. The summed E-state index contributed by atoms with van der Waals surface area (Å²) in [6.07, 6.45) is 1.73. The molecule has 0 bridgehead atoms. The number of fused-ring (bicyclic) bond motifs is 1. The van der Waals surface area contributed by atoms with E-state index in [0.29, 0.717) is 24.2 Å². The minimum absolute atomic E-state index is 0.191. The second-order valence-electron chi connectivity index (χ2n) is 5.97. The molecule has 1 fully saturated rings. The normalized spacial score (nSPS) is 17.0. The highest BCUT2D eigenvalue weighted by Gasteiger charge is 2.21. The Morgan fingerprint density at radius 2 is 1.84 bits per heavy atom. The monoisotopic (exact) mass is 361 g/mol. The maximum absolute atomic E-state index is 14.6. The Kier molecular flexibility index (Phi) is 4.37. The van der Waals surface area contributed by atoms with E-state index in [1.165, 1.54) is 18.2 Å². The zero-order chi connectivity index (χ0) is 17.4. The summed E-state index contributed by atoms with van der Waals surface area (Å²) in [7, 11) is -1.51. The quantitative estimate of drug-likeness (QED) is 0.753. The first kappa shape index (κ1) is 16.4. The molecule has 1 saturated heterocycles. The fourth-order valence-electron chi connectivity index (χ4n) is 3.10. The van der Waals surface area contributed by atoms with Gasteiger partial charge >= 0.3 is 0 Å². The Balaban J connectivity index is 1.68. The van der Waals surface area contributed by atoms with Crippen molar-refractivity contribution in [1.82, 2.24) is 14.6 Å². The van der Waals surface area contributed by atoms with Crippen LogP contribution in [0.2, 0.25) is 0 Å². The number of H-pyrrole nitrogens is 1. The van der Waals surface area contributed by atoms with Crippen LogP contribution in [-0.4, -0.2) is 39.7 Å². The first-order valence-corrected chi connectivity index (χ1v) is 9.18. The summed E-state index contributed by atoms with van der Waals surface area (Å²) in [6, 6.07) is 9.17. The van der Waals surface area contributed by atoms with Crippen molar-refractivity contribution in [2.45, 2.75) is 4.90 Å². The summed E-state index contributed by atoms with van der Waals surface area (Å²) in [6.45, 7) is 2.75. The van der Waals surface area contributed by atoms with E-state index in [4.69, 9.17) is 0 Å². The highest BCUT2D eigenvalue weighted by molar-refractivity contribution is 7.82. The predicted octanol–water partition coefficient (Wildman–Crippen LogP) is 3.04. The van der Waals surface area contributed by atoms with Crippen LogP contribution >= 0.6 is 0 Å². The molecule has 1 aliphatic heterocycles. The zero-order valence-corrected chi connectivity index (χ0v) is 14.2. The molecule has 2 heterocycles. The number of aromatic amines is 1. The van der Waals surface area contributed by atoms with E-state index in [1.54, 1.807) is 28.7 Å². The van der Waals surface area contributed by atoms with Crippen LogP contribution in [0.3, 0.4) is 0 Å². The van der Waals surface area contributed by atoms with E-state index in [0.717, 1.165) is 24.0 Å².